The highest BCUT2D eigenvalue weighted by molar-refractivity contribution is 7.89. The summed E-state index contributed by atoms with van der Waals surface area (Å²) in [5, 5.41) is 10.3. The van der Waals surface area contributed by atoms with E-state index in [0.717, 1.165) is 47.9 Å². The number of benzene rings is 2. The molecule has 0 N–H and O–H groups in total. The van der Waals surface area contributed by atoms with Gasteiger partial charge in [0.1, 0.15) is 6.23 Å². The molecule has 9 heteroatoms. The summed E-state index contributed by atoms with van der Waals surface area (Å²) in [5.41, 5.74) is 3.21. The summed E-state index contributed by atoms with van der Waals surface area (Å²) in [7, 11) is -3.50. The third-order valence-electron chi connectivity index (χ3n) is 7.41. The van der Waals surface area contributed by atoms with Crippen molar-refractivity contribution in [3.8, 4) is 11.1 Å². The van der Waals surface area contributed by atoms with E-state index < -0.39 is 10.0 Å². The second-order valence-electron chi connectivity index (χ2n) is 9.97. The molecular weight excluding hydrogens is 474 g/mol. The zero-order valence-corrected chi connectivity index (χ0v) is 21.2. The van der Waals surface area contributed by atoms with Crippen molar-refractivity contribution in [1.29, 1.82) is 0 Å². The fourth-order valence-corrected chi connectivity index (χ4v) is 7.28. The Bertz CT molecular complexity index is 1460. The van der Waals surface area contributed by atoms with Crippen LogP contribution in [0.4, 0.5) is 0 Å². The van der Waals surface area contributed by atoms with Crippen molar-refractivity contribution in [2.75, 3.05) is 13.2 Å². The van der Waals surface area contributed by atoms with Crippen LogP contribution in [0, 0.1) is 5.92 Å². The SMILES string of the molecule is C[C@@H]1C[C@H](Cn2ncc3cc(-c4cnn(C5CCCCO5)c4)ccc32)CN1S(=O)(=O)c1ccccc1. The Balaban J connectivity index is 1.18. The molecule has 0 amide bonds. The highest BCUT2D eigenvalue weighted by Gasteiger charge is 2.38. The molecule has 0 saturated carbocycles. The lowest BCUT2D eigenvalue weighted by Crippen LogP contribution is -2.34. The minimum absolute atomic E-state index is 0.0260. The molecule has 4 heterocycles. The molecule has 0 bridgehead atoms. The molecule has 8 nitrogen and oxygen atoms in total. The first-order valence-corrected chi connectivity index (χ1v) is 14.1. The summed E-state index contributed by atoms with van der Waals surface area (Å²) in [6.07, 6.45) is 9.97. The van der Waals surface area contributed by atoms with E-state index in [9.17, 15) is 8.42 Å². The topological polar surface area (TPSA) is 82.2 Å². The van der Waals surface area contributed by atoms with Crippen LogP contribution in [0.3, 0.4) is 0 Å². The summed E-state index contributed by atoms with van der Waals surface area (Å²) in [5.74, 6) is 0.204. The normalized spacial score (nSPS) is 23.4. The van der Waals surface area contributed by atoms with Gasteiger partial charge in [0.15, 0.2) is 0 Å². The van der Waals surface area contributed by atoms with Gasteiger partial charge in [-0.2, -0.15) is 14.5 Å². The third kappa shape index (κ3) is 4.36. The van der Waals surface area contributed by atoms with Crippen molar-refractivity contribution < 1.29 is 13.2 Å². The number of rotatable bonds is 6. The molecule has 0 radical (unpaired) electrons. The zero-order chi connectivity index (χ0) is 24.7. The molecule has 2 aliphatic heterocycles. The fraction of sp³-hybridized carbons (Fsp3) is 0.407. The highest BCUT2D eigenvalue weighted by Crippen LogP contribution is 2.32. The van der Waals surface area contributed by atoms with Crippen molar-refractivity contribution in [3.63, 3.8) is 0 Å². The van der Waals surface area contributed by atoms with Gasteiger partial charge in [0.05, 0.1) is 22.8 Å². The number of hydrogen-bond acceptors (Lipinski definition) is 5. The van der Waals surface area contributed by atoms with Gasteiger partial charge in [-0.05, 0) is 68.4 Å². The maximum absolute atomic E-state index is 13.2. The lowest BCUT2D eigenvalue weighted by molar-refractivity contribution is -0.0394. The maximum Gasteiger partial charge on any atom is 0.243 e. The van der Waals surface area contributed by atoms with E-state index in [1.54, 1.807) is 28.6 Å². The molecule has 2 saturated heterocycles. The Kier molecular flexibility index (Phi) is 6.15. The predicted octanol–water partition coefficient (Wildman–Crippen LogP) is 4.70. The molecule has 0 spiro atoms. The predicted molar refractivity (Wildman–Crippen MR) is 138 cm³/mol. The van der Waals surface area contributed by atoms with Crippen molar-refractivity contribution in [3.05, 3.63) is 67.1 Å². The summed E-state index contributed by atoms with van der Waals surface area (Å²) < 4.78 is 37.8. The van der Waals surface area contributed by atoms with Crippen LogP contribution in [0.1, 0.15) is 38.8 Å². The van der Waals surface area contributed by atoms with Crippen LogP contribution in [0.2, 0.25) is 0 Å². The second-order valence-corrected chi connectivity index (χ2v) is 11.9. The van der Waals surface area contributed by atoms with Crippen molar-refractivity contribution in [2.24, 2.45) is 5.92 Å². The Morgan fingerprint density at radius 1 is 1.03 bits per heavy atom. The first-order valence-electron chi connectivity index (χ1n) is 12.7. The van der Waals surface area contributed by atoms with Gasteiger partial charge in [0, 0.05) is 42.9 Å². The first-order chi connectivity index (χ1) is 17.5. The van der Waals surface area contributed by atoms with Gasteiger partial charge < -0.3 is 4.74 Å². The highest BCUT2D eigenvalue weighted by atomic mass is 32.2. The molecule has 3 atom stereocenters. The Morgan fingerprint density at radius 2 is 1.89 bits per heavy atom. The van der Waals surface area contributed by atoms with Crippen molar-refractivity contribution in [2.45, 2.75) is 56.3 Å². The van der Waals surface area contributed by atoms with Crippen LogP contribution in [0.15, 0.2) is 72.0 Å². The fourth-order valence-electron chi connectivity index (χ4n) is 5.54. The van der Waals surface area contributed by atoms with Gasteiger partial charge in [-0.3, -0.25) is 4.68 Å². The summed E-state index contributed by atoms with van der Waals surface area (Å²) in [4.78, 5) is 0.355. The van der Waals surface area contributed by atoms with Gasteiger partial charge >= 0.3 is 0 Å². The number of hydrogen-bond donors (Lipinski definition) is 0. The number of nitrogens with zero attached hydrogens (tertiary/aromatic N) is 5. The van der Waals surface area contributed by atoms with Gasteiger partial charge in [-0.1, -0.05) is 24.3 Å². The van der Waals surface area contributed by atoms with E-state index in [4.69, 9.17) is 4.74 Å². The van der Waals surface area contributed by atoms with Crippen LogP contribution in [-0.2, 0) is 21.3 Å². The monoisotopic (exact) mass is 505 g/mol. The van der Waals surface area contributed by atoms with Gasteiger partial charge in [0.25, 0.3) is 0 Å². The van der Waals surface area contributed by atoms with Gasteiger partial charge in [-0.25, -0.2) is 13.1 Å². The smallest absolute Gasteiger partial charge is 0.243 e. The van der Waals surface area contributed by atoms with Crippen LogP contribution in [0.25, 0.3) is 22.0 Å². The third-order valence-corrected chi connectivity index (χ3v) is 9.41. The van der Waals surface area contributed by atoms with E-state index >= 15 is 0 Å². The Hall–Kier alpha value is -3.01. The lowest BCUT2D eigenvalue weighted by Gasteiger charge is -2.22. The molecule has 188 valence electrons. The second kappa shape index (κ2) is 9.46. The standard InChI is InChI=1S/C27H31N5O3S/c1-20-13-21(18-32(20)36(33,34)25-7-3-2-4-8-25)17-30-26-11-10-22(14-23(26)15-28-30)24-16-29-31(19-24)27-9-5-6-12-35-27/h2-4,7-8,10-11,14-16,19-21,27H,5-6,9,12-13,17-18H2,1H3/t20-,21-,27?/m1/s1. The van der Waals surface area contributed by atoms with E-state index in [1.165, 1.54) is 6.42 Å². The average Bonchev–Trinajstić information content (AvgIpc) is 3.64. The van der Waals surface area contributed by atoms with E-state index in [0.29, 0.717) is 18.0 Å². The summed E-state index contributed by atoms with van der Waals surface area (Å²) in [6.45, 7) is 3.97. The molecule has 2 aliphatic rings. The average molecular weight is 506 g/mol. The number of sulfonamides is 1. The summed E-state index contributed by atoms with van der Waals surface area (Å²) >= 11 is 0. The van der Waals surface area contributed by atoms with Crippen LogP contribution in [0.5, 0.6) is 0 Å². The van der Waals surface area contributed by atoms with E-state index in [-0.39, 0.29) is 18.2 Å². The van der Waals surface area contributed by atoms with Gasteiger partial charge in [-0.15, -0.1) is 0 Å². The van der Waals surface area contributed by atoms with Gasteiger partial charge in [0.2, 0.25) is 10.0 Å². The molecule has 1 unspecified atom stereocenters. The lowest BCUT2D eigenvalue weighted by atomic mass is 10.1. The quantitative estimate of drug-likeness (QED) is 0.379. The minimum Gasteiger partial charge on any atom is -0.357 e. The van der Waals surface area contributed by atoms with Crippen molar-refractivity contribution in [1.82, 2.24) is 23.9 Å². The molecule has 2 aromatic heterocycles. The summed E-state index contributed by atoms with van der Waals surface area (Å²) in [6, 6.07) is 15.0. The van der Waals surface area contributed by atoms with E-state index in [1.807, 2.05) is 34.7 Å². The van der Waals surface area contributed by atoms with Crippen LogP contribution in [-0.4, -0.2) is 51.5 Å². The number of fused-ring (bicyclic) bond motifs is 1. The molecule has 2 aromatic carbocycles. The molecule has 2 fully saturated rings. The van der Waals surface area contributed by atoms with Crippen LogP contribution >= 0.6 is 0 Å². The molecule has 6 rings (SSSR count). The van der Waals surface area contributed by atoms with Crippen molar-refractivity contribution >= 4 is 20.9 Å². The number of ether oxygens (including phenoxy) is 1. The minimum atomic E-state index is -3.50. The largest absolute Gasteiger partial charge is 0.357 e. The number of aromatic nitrogens is 4. The molecule has 36 heavy (non-hydrogen) atoms. The zero-order valence-electron chi connectivity index (χ0n) is 20.4. The molecule has 0 aliphatic carbocycles. The maximum atomic E-state index is 13.2. The Labute approximate surface area is 211 Å². The first kappa shape index (κ1) is 23.4. The van der Waals surface area contributed by atoms with E-state index in [2.05, 4.69) is 34.6 Å². The van der Waals surface area contributed by atoms with Crippen LogP contribution < -0.4 is 0 Å². The molecular formula is C27H31N5O3S. The molecule has 4 aromatic rings. The Morgan fingerprint density at radius 3 is 2.69 bits per heavy atom.